The van der Waals surface area contributed by atoms with E-state index >= 15 is 0 Å². The van der Waals surface area contributed by atoms with E-state index in [1.165, 1.54) is 38.5 Å². The molecule has 1 saturated carbocycles. The zero-order valence-electron chi connectivity index (χ0n) is 14.4. The van der Waals surface area contributed by atoms with Crippen LogP contribution in [0.2, 0.25) is 0 Å². The number of methoxy groups -OCH3 is 1. The summed E-state index contributed by atoms with van der Waals surface area (Å²) in [5.41, 5.74) is 0. The fourth-order valence-corrected chi connectivity index (χ4v) is 2.63. The quantitative estimate of drug-likeness (QED) is 0.206. The first-order chi connectivity index (χ1) is 10.3. The normalized spacial score (nSPS) is 18.2. The standard InChI is InChI=1S/C16H33N3O2.HI/c1-4-17-16(19-14(2)13-20-3)18-11-12-21-15-9-7-5-6-8-10-15;/h14-15H,4-13H2,1-3H3,(H2,17,18,19);1H. The first-order valence-corrected chi connectivity index (χ1v) is 8.41. The molecule has 0 aliphatic heterocycles. The topological polar surface area (TPSA) is 54.9 Å². The van der Waals surface area contributed by atoms with Crippen LogP contribution in [0.25, 0.3) is 0 Å². The molecule has 1 unspecified atom stereocenters. The number of nitrogens with one attached hydrogen (secondary N) is 2. The van der Waals surface area contributed by atoms with Crippen LogP contribution >= 0.6 is 24.0 Å². The van der Waals surface area contributed by atoms with Crippen LogP contribution in [-0.2, 0) is 9.47 Å². The summed E-state index contributed by atoms with van der Waals surface area (Å²) in [6, 6.07) is 0.246. The van der Waals surface area contributed by atoms with Gasteiger partial charge in [0.05, 0.1) is 25.9 Å². The first-order valence-electron chi connectivity index (χ1n) is 8.41. The Kier molecular flexibility index (Phi) is 14.5. The smallest absolute Gasteiger partial charge is 0.191 e. The van der Waals surface area contributed by atoms with Gasteiger partial charge in [0.1, 0.15) is 0 Å². The SMILES string of the molecule is CCNC(=NCCOC1CCCCCC1)NC(C)COC.I. The third-order valence-electron chi connectivity index (χ3n) is 3.66. The van der Waals surface area contributed by atoms with Crippen LogP contribution in [0, 0.1) is 0 Å². The highest BCUT2D eigenvalue weighted by molar-refractivity contribution is 14.0. The lowest BCUT2D eigenvalue weighted by atomic mass is 10.1. The predicted molar refractivity (Wildman–Crippen MR) is 103 cm³/mol. The van der Waals surface area contributed by atoms with Gasteiger partial charge in [0.2, 0.25) is 0 Å². The summed E-state index contributed by atoms with van der Waals surface area (Å²) in [5, 5.41) is 6.57. The molecular weight excluding hydrogens is 393 g/mol. The lowest BCUT2D eigenvalue weighted by molar-refractivity contribution is 0.0487. The molecule has 1 rings (SSSR count). The van der Waals surface area contributed by atoms with Gasteiger partial charge in [0.25, 0.3) is 0 Å². The predicted octanol–water partition coefficient (Wildman–Crippen LogP) is 2.93. The van der Waals surface area contributed by atoms with Crippen molar-refractivity contribution in [2.45, 2.75) is 64.5 Å². The number of halogens is 1. The van der Waals surface area contributed by atoms with Gasteiger partial charge < -0.3 is 20.1 Å². The second-order valence-corrected chi connectivity index (χ2v) is 5.75. The van der Waals surface area contributed by atoms with Crippen molar-refractivity contribution in [3.8, 4) is 0 Å². The number of nitrogens with zero attached hydrogens (tertiary/aromatic N) is 1. The molecular formula is C16H34IN3O2. The van der Waals surface area contributed by atoms with Crippen LogP contribution in [0.15, 0.2) is 4.99 Å². The molecule has 0 aromatic heterocycles. The number of rotatable bonds is 8. The molecule has 2 N–H and O–H groups in total. The number of ether oxygens (including phenoxy) is 2. The number of hydrogen-bond acceptors (Lipinski definition) is 3. The fourth-order valence-electron chi connectivity index (χ4n) is 2.63. The van der Waals surface area contributed by atoms with Crippen molar-refractivity contribution in [3.05, 3.63) is 0 Å². The van der Waals surface area contributed by atoms with Crippen LogP contribution in [0.3, 0.4) is 0 Å². The Bertz CT molecular complexity index is 283. The fraction of sp³-hybridized carbons (Fsp3) is 0.938. The van der Waals surface area contributed by atoms with E-state index in [1.54, 1.807) is 7.11 Å². The monoisotopic (exact) mass is 427 g/mol. The van der Waals surface area contributed by atoms with Gasteiger partial charge in [-0.25, -0.2) is 0 Å². The summed E-state index contributed by atoms with van der Waals surface area (Å²) in [6.45, 7) is 7.09. The van der Waals surface area contributed by atoms with E-state index in [-0.39, 0.29) is 30.0 Å². The van der Waals surface area contributed by atoms with Crippen LogP contribution in [0.1, 0.15) is 52.4 Å². The van der Waals surface area contributed by atoms with Gasteiger partial charge >= 0.3 is 0 Å². The molecule has 6 heteroatoms. The summed E-state index contributed by atoms with van der Waals surface area (Å²) in [6.07, 6.45) is 8.23. The minimum Gasteiger partial charge on any atom is -0.383 e. The Balaban J connectivity index is 0.00000441. The Hall–Kier alpha value is -0.0800. The molecule has 0 saturated heterocycles. The molecule has 22 heavy (non-hydrogen) atoms. The van der Waals surface area contributed by atoms with Crippen molar-refractivity contribution in [2.75, 3.05) is 33.4 Å². The maximum Gasteiger partial charge on any atom is 0.191 e. The van der Waals surface area contributed by atoms with Crippen molar-refractivity contribution in [2.24, 2.45) is 4.99 Å². The second kappa shape index (κ2) is 14.5. The summed E-state index contributed by atoms with van der Waals surface area (Å²) >= 11 is 0. The van der Waals surface area contributed by atoms with Gasteiger partial charge in [-0.05, 0) is 26.7 Å². The Morgan fingerprint density at radius 1 is 1.23 bits per heavy atom. The zero-order chi connectivity index (χ0) is 15.3. The van der Waals surface area contributed by atoms with Gasteiger partial charge in [0.15, 0.2) is 5.96 Å². The molecule has 0 bridgehead atoms. The molecule has 0 aromatic carbocycles. The second-order valence-electron chi connectivity index (χ2n) is 5.75. The highest BCUT2D eigenvalue weighted by Crippen LogP contribution is 2.19. The van der Waals surface area contributed by atoms with E-state index in [0.29, 0.717) is 25.9 Å². The lowest BCUT2D eigenvalue weighted by Gasteiger charge is -2.18. The van der Waals surface area contributed by atoms with Crippen molar-refractivity contribution in [3.63, 3.8) is 0 Å². The Labute approximate surface area is 153 Å². The minimum atomic E-state index is 0. The Morgan fingerprint density at radius 3 is 2.50 bits per heavy atom. The average Bonchev–Trinajstić information content (AvgIpc) is 2.72. The molecule has 0 radical (unpaired) electrons. The molecule has 132 valence electrons. The van der Waals surface area contributed by atoms with Crippen molar-refractivity contribution >= 4 is 29.9 Å². The third-order valence-corrected chi connectivity index (χ3v) is 3.66. The molecule has 0 amide bonds. The van der Waals surface area contributed by atoms with E-state index < -0.39 is 0 Å². The molecule has 0 aromatic rings. The van der Waals surface area contributed by atoms with Gasteiger partial charge in [-0.2, -0.15) is 0 Å². The Morgan fingerprint density at radius 2 is 1.91 bits per heavy atom. The maximum atomic E-state index is 5.96. The first kappa shape index (κ1) is 21.9. The number of aliphatic imine (C=N–C) groups is 1. The van der Waals surface area contributed by atoms with Gasteiger partial charge in [0, 0.05) is 19.7 Å². The van der Waals surface area contributed by atoms with Crippen molar-refractivity contribution < 1.29 is 9.47 Å². The minimum absolute atomic E-state index is 0. The molecule has 1 atom stereocenters. The van der Waals surface area contributed by atoms with Crippen molar-refractivity contribution in [1.29, 1.82) is 0 Å². The van der Waals surface area contributed by atoms with Crippen LogP contribution in [0.4, 0.5) is 0 Å². The van der Waals surface area contributed by atoms with E-state index in [9.17, 15) is 0 Å². The van der Waals surface area contributed by atoms with Crippen LogP contribution in [-0.4, -0.2) is 51.5 Å². The molecule has 5 nitrogen and oxygen atoms in total. The van der Waals surface area contributed by atoms with E-state index in [2.05, 4.69) is 29.5 Å². The van der Waals surface area contributed by atoms with Crippen molar-refractivity contribution in [1.82, 2.24) is 10.6 Å². The summed E-state index contributed by atoms with van der Waals surface area (Å²) < 4.78 is 11.1. The lowest BCUT2D eigenvalue weighted by Crippen LogP contribution is -2.44. The number of guanidine groups is 1. The van der Waals surface area contributed by atoms with Crippen LogP contribution in [0.5, 0.6) is 0 Å². The highest BCUT2D eigenvalue weighted by atomic mass is 127. The average molecular weight is 427 g/mol. The molecule has 1 aliphatic rings. The van der Waals surface area contributed by atoms with Crippen LogP contribution < -0.4 is 10.6 Å². The van der Waals surface area contributed by atoms with Gasteiger partial charge in [-0.15, -0.1) is 24.0 Å². The molecule has 1 aliphatic carbocycles. The summed E-state index contributed by atoms with van der Waals surface area (Å²) in [4.78, 5) is 4.56. The summed E-state index contributed by atoms with van der Waals surface area (Å²) in [5.74, 6) is 0.839. The van der Waals surface area contributed by atoms with Gasteiger partial charge in [-0.3, -0.25) is 4.99 Å². The highest BCUT2D eigenvalue weighted by Gasteiger charge is 2.12. The largest absolute Gasteiger partial charge is 0.383 e. The van der Waals surface area contributed by atoms with Gasteiger partial charge in [-0.1, -0.05) is 25.7 Å². The molecule has 0 spiro atoms. The van der Waals surface area contributed by atoms with E-state index in [1.807, 2.05) is 0 Å². The maximum absolute atomic E-state index is 5.96. The third kappa shape index (κ3) is 10.6. The summed E-state index contributed by atoms with van der Waals surface area (Å²) in [7, 11) is 1.71. The number of hydrogen-bond donors (Lipinski definition) is 2. The van der Waals surface area contributed by atoms with E-state index in [4.69, 9.17) is 9.47 Å². The van der Waals surface area contributed by atoms with E-state index in [0.717, 1.165) is 12.5 Å². The molecule has 0 heterocycles. The molecule has 1 fully saturated rings. The zero-order valence-corrected chi connectivity index (χ0v) is 16.7.